The van der Waals surface area contributed by atoms with Crippen molar-refractivity contribution in [1.29, 1.82) is 0 Å². The minimum atomic E-state index is -0.746. The summed E-state index contributed by atoms with van der Waals surface area (Å²) in [6.45, 7) is 1.51. The molecule has 0 aromatic heterocycles. The topological polar surface area (TPSA) is 26.0 Å². The minimum absolute atomic E-state index is 0.0150. The van der Waals surface area contributed by atoms with Gasteiger partial charge in [-0.3, -0.25) is 0 Å². The van der Waals surface area contributed by atoms with Crippen molar-refractivity contribution >= 4 is 17.3 Å². The molecule has 0 spiro atoms. The molecule has 2 rings (SSSR count). The zero-order chi connectivity index (χ0) is 13.4. The lowest BCUT2D eigenvalue weighted by Gasteiger charge is -2.09. The average molecular weight is 272 g/mol. The number of benzene rings is 2. The van der Waals surface area contributed by atoms with Crippen molar-refractivity contribution in [3.05, 3.63) is 52.3 Å². The van der Waals surface area contributed by atoms with Crippen LogP contribution in [0.15, 0.2) is 24.3 Å². The molecule has 94 valence electrons. The van der Waals surface area contributed by atoms with Gasteiger partial charge >= 0.3 is 0 Å². The molecule has 0 atom stereocenters. The van der Waals surface area contributed by atoms with E-state index < -0.39 is 17.5 Å². The highest BCUT2D eigenvalue weighted by atomic mass is 35.5. The van der Waals surface area contributed by atoms with Gasteiger partial charge in [-0.05, 0) is 30.7 Å². The van der Waals surface area contributed by atoms with Crippen LogP contribution in [0.25, 0.3) is 11.1 Å². The second-order valence-corrected chi connectivity index (χ2v) is 4.34. The summed E-state index contributed by atoms with van der Waals surface area (Å²) in [5.74, 6) is -1.95. The number of nitrogen functional groups attached to an aromatic ring is 1. The Balaban J connectivity index is 2.69. The van der Waals surface area contributed by atoms with E-state index in [2.05, 4.69) is 0 Å². The SMILES string of the molecule is Cc1cc(-c2cc(F)c(N)cc2F)c(Cl)cc1F. The van der Waals surface area contributed by atoms with Gasteiger partial charge in [0.15, 0.2) is 0 Å². The molecule has 0 saturated heterocycles. The lowest BCUT2D eigenvalue weighted by atomic mass is 10.0. The molecule has 0 bridgehead atoms. The number of hydrogen-bond acceptors (Lipinski definition) is 1. The van der Waals surface area contributed by atoms with Gasteiger partial charge in [0, 0.05) is 17.2 Å². The van der Waals surface area contributed by atoms with E-state index in [0.717, 1.165) is 18.2 Å². The van der Waals surface area contributed by atoms with Gasteiger partial charge in [0.2, 0.25) is 0 Å². The third-order valence-electron chi connectivity index (χ3n) is 2.62. The fourth-order valence-corrected chi connectivity index (χ4v) is 1.88. The molecule has 0 amide bonds. The predicted octanol–water partition coefficient (Wildman–Crippen LogP) is 4.31. The van der Waals surface area contributed by atoms with E-state index in [9.17, 15) is 13.2 Å². The largest absolute Gasteiger partial charge is 0.396 e. The van der Waals surface area contributed by atoms with Gasteiger partial charge in [-0.25, -0.2) is 13.2 Å². The lowest BCUT2D eigenvalue weighted by Crippen LogP contribution is -1.96. The molecule has 0 unspecified atom stereocenters. The van der Waals surface area contributed by atoms with Crippen molar-refractivity contribution in [2.45, 2.75) is 6.92 Å². The number of rotatable bonds is 1. The van der Waals surface area contributed by atoms with Crippen LogP contribution in [0.2, 0.25) is 5.02 Å². The molecule has 2 N–H and O–H groups in total. The first kappa shape index (κ1) is 12.8. The fourth-order valence-electron chi connectivity index (χ4n) is 1.63. The molecule has 0 saturated carbocycles. The molecule has 0 aliphatic rings. The van der Waals surface area contributed by atoms with Crippen LogP contribution < -0.4 is 5.73 Å². The van der Waals surface area contributed by atoms with E-state index >= 15 is 0 Å². The molecule has 2 aromatic rings. The normalized spacial score (nSPS) is 10.7. The van der Waals surface area contributed by atoms with Crippen LogP contribution in [-0.2, 0) is 0 Å². The Morgan fingerprint density at radius 3 is 2.22 bits per heavy atom. The Kier molecular flexibility index (Phi) is 3.22. The first-order valence-electron chi connectivity index (χ1n) is 5.10. The Bertz CT molecular complexity index is 571. The molecular formula is C13H9ClF3N. The molecule has 0 heterocycles. The van der Waals surface area contributed by atoms with Gasteiger partial charge in [0.25, 0.3) is 0 Å². The van der Waals surface area contributed by atoms with Crippen molar-refractivity contribution in [2.75, 3.05) is 5.73 Å². The molecule has 5 heteroatoms. The molecule has 0 radical (unpaired) electrons. The van der Waals surface area contributed by atoms with Crippen LogP contribution in [0, 0.1) is 24.4 Å². The lowest BCUT2D eigenvalue weighted by molar-refractivity contribution is 0.606. The molecule has 0 aliphatic heterocycles. The standard InChI is InChI=1S/C13H9ClF3N/c1-6-2-7(9(14)4-10(6)15)8-3-12(17)13(18)5-11(8)16/h2-5H,18H2,1H3. The third-order valence-corrected chi connectivity index (χ3v) is 2.94. The summed E-state index contributed by atoms with van der Waals surface area (Å²) in [6.07, 6.45) is 0. The first-order valence-corrected chi connectivity index (χ1v) is 5.48. The zero-order valence-corrected chi connectivity index (χ0v) is 10.2. The van der Waals surface area contributed by atoms with E-state index in [1.165, 1.54) is 13.0 Å². The molecular weight excluding hydrogens is 263 g/mol. The third kappa shape index (κ3) is 2.16. The molecule has 0 fully saturated rings. The first-order chi connectivity index (χ1) is 8.40. The van der Waals surface area contributed by atoms with Gasteiger partial charge in [-0.1, -0.05) is 11.6 Å². The quantitative estimate of drug-likeness (QED) is 0.768. The van der Waals surface area contributed by atoms with Crippen molar-refractivity contribution in [2.24, 2.45) is 0 Å². The van der Waals surface area contributed by atoms with Gasteiger partial charge in [0.1, 0.15) is 17.5 Å². The molecule has 0 aliphatic carbocycles. The maximum atomic E-state index is 13.7. The van der Waals surface area contributed by atoms with Gasteiger partial charge < -0.3 is 5.73 Å². The van der Waals surface area contributed by atoms with E-state index in [-0.39, 0.29) is 21.8 Å². The van der Waals surface area contributed by atoms with Crippen molar-refractivity contribution in [1.82, 2.24) is 0 Å². The van der Waals surface area contributed by atoms with Crippen LogP contribution in [0.3, 0.4) is 0 Å². The Labute approximate surface area is 107 Å². The number of nitrogens with two attached hydrogens (primary N) is 1. The van der Waals surface area contributed by atoms with Crippen LogP contribution in [-0.4, -0.2) is 0 Å². The Morgan fingerprint density at radius 1 is 0.889 bits per heavy atom. The number of hydrogen-bond donors (Lipinski definition) is 1. The average Bonchev–Trinajstić information content (AvgIpc) is 2.29. The van der Waals surface area contributed by atoms with E-state index in [1.807, 2.05) is 0 Å². The van der Waals surface area contributed by atoms with E-state index in [0.29, 0.717) is 5.56 Å². The fraction of sp³-hybridized carbons (Fsp3) is 0.0769. The monoisotopic (exact) mass is 271 g/mol. The summed E-state index contributed by atoms with van der Waals surface area (Å²) >= 11 is 5.84. The minimum Gasteiger partial charge on any atom is -0.396 e. The smallest absolute Gasteiger partial charge is 0.146 e. The number of aryl methyl sites for hydroxylation is 1. The van der Waals surface area contributed by atoms with Gasteiger partial charge in [0.05, 0.1) is 10.7 Å². The highest BCUT2D eigenvalue weighted by Gasteiger charge is 2.14. The summed E-state index contributed by atoms with van der Waals surface area (Å²) in [5.41, 5.74) is 5.45. The molecule has 1 nitrogen and oxygen atoms in total. The highest BCUT2D eigenvalue weighted by Crippen LogP contribution is 2.33. The van der Waals surface area contributed by atoms with Crippen LogP contribution in [0.5, 0.6) is 0 Å². The highest BCUT2D eigenvalue weighted by molar-refractivity contribution is 6.33. The second-order valence-electron chi connectivity index (χ2n) is 3.93. The predicted molar refractivity (Wildman–Crippen MR) is 65.9 cm³/mol. The Morgan fingerprint density at radius 2 is 1.56 bits per heavy atom. The van der Waals surface area contributed by atoms with E-state index in [1.54, 1.807) is 0 Å². The van der Waals surface area contributed by atoms with E-state index in [4.69, 9.17) is 17.3 Å². The summed E-state index contributed by atoms with van der Waals surface area (Å²) in [5, 5.41) is 0.0150. The number of anilines is 1. The van der Waals surface area contributed by atoms with Crippen LogP contribution in [0.1, 0.15) is 5.56 Å². The summed E-state index contributed by atoms with van der Waals surface area (Å²) in [7, 11) is 0. The van der Waals surface area contributed by atoms with Crippen molar-refractivity contribution in [3.8, 4) is 11.1 Å². The molecule has 2 aromatic carbocycles. The van der Waals surface area contributed by atoms with Crippen LogP contribution >= 0.6 is 11.6 Å². The summed E-state index contributed by atoms with van der Waals surface area (Å²) in [6, 6.07) is 4.26. The maximum Gasteiger partial charge on any atom is 0.146 e. The maximum absolute atomic E-state index is 13.7. The zero-order valence-electron chi connectivity index (χ0n) is 9.40. The van der Waals surface area contributed by atoms with Crippen molar-refractivity contribution in [3.63, 3.8) is 0 Å². The second kappa shape index (κ2) is 4.53. The number of halogens is 4. The summed E-state index contributed by atoms with van der Waals surface area (Å²) < 4.78 is 40.3. The van der Waals surface area contributed by atoms with Gasteiger partial charge in [-0.2, -0.15) is 0 Å². The van der Waals surface area contributed by atoms with Crippen LogP contribution in [0.4, 0.5) is 18.9 Å². The Hall–Kier alpha value is -1.68. The summed E-state index contributed by atoms with van der Waals surface area (Å²) in [4.78, 5) is 0. The molecule has 18 heavy (non-hydrogen) atoms. The van der Waals surface area contributed by atoms with Crippen molar-refractivity contribution < 1.29 is 13.2 Å². The van der Waals surface area contributed by atoms with Gasteiger partial charge in [-0.15, -0.1) is 0 Å².